The second-order valence-electron chi connectivity index (χ2n) is 5.63. The summed E-state index contributed by atoms with van der Waals surface area (Å²) in [6.45, 7) is 2.02. The molecule has 1 aliphatic rings. The molecule has 2 aromatic rings. The van der Waals surface area contributed by atoms with Gasteiger partial charge in [-0.1, -0.05) is 6.07 Å². The number of methoxy groups -OCH3 is 1. The van der Waals surface area contributed by atoms with Crippen molar-refractivity contribution in [1.82, 2.24) is 9.80 Å². The number of esters is 1. The quantitative estimate of drug-likeness (QED) is 0.789. The molecule has 130 valence electrons. The van der Waals surface area contributed by atoms with Crippen LogP contribution in [0.3, 0.4) is 0 Å². The average molecular weight is 358 g/mol. The Bertz CT molecular complexity index is 763. The van der Waals surface area contributed by atoms with Gasteiger partial charge in [0.1, 0.15) is 0 Å². The zero-order valence-electron chi connectivity index (χ0n) is 13.8. The van der Waals surface area contributed by atoms with E-state index in [-0.39, 0.29) is 11.8 Å². The molecule has 2 amide bonds. The van der Waals surface area contributed by atoms with Crippen molar-refractivity contribution in [2.75, 3.05) is 33.3 Å². The Kier molecular flexibility index (Phi) is 5.14. The third-order valence-corrected chi connectivity index (χ3v) is 5.00. The molecule has 0 N–H and O–H groups in total. The van der Waals surface area contributed by atoms with Gasteiger partial charge in [-0.25, -0.2) is 4.79 Å². The summed E-state index contributed by atoms with van der Waals surface area (Å²) in [5.74, 6) is -0.510. The van der Waals surface area contributed by atoms with Gasteiger partial charge < -0.3 is 14.5 Å². The van der Waals surface area contributed by atoms with Crippen LogP contribution in [0.25, 0.3) is 0 Å². The predicted molar refractivity (Wildman–Crippen MR) is 93.9 cm³/mol. The Morgan fingerprint density at radius 2 is 1.44 bits per heavy atom. The van der Waals surface area contributed by atoms with Gasteiger partial charge in [-0.15, -0.1) is 11.3 Å². The summed E-state index contributed by atoms with van der Waals surface area (Å²) >= 11 is 1.42. The maximum absolute atomic E-state index is 12.6. The first-order valence-corrected chi connectivity index (χ1v) is 8.78. The Hall–Kier alpha value is -2.67. The van der Waals surface area contributed by atoms with E-state index in [0.29, 0.717) is 37.3 Å². The van der Waals surface area contributed by atoms with Crippen LogP contribution in [-0.4, -0.2) is 60.9 Å². The molecule has 7 heteroatoms. The zero-order valence-corrected chi connectivity index (χ0v) is 14.6. The lowest BCUT2D eigenvalue weighted by molar-refractivity contribution is 0.0538. The van der Waals surface area contributed by atoms with E-state index < -0.39 is 5.97 Å². The fourth-order valence-electron chi connectivity index (χ4n) is 2.72. The summed E-state index contributed by atoms with van der Waals surface area (Å²) in [5.41, 5.74) is 0.927. The number of carbonyl (C=O) groups excluding carboxylic acids is 3. The molecule has 1 saturated heterocycles. The Morgan fingerprint density at radius 3 is 1.96 bits per heavy atom. The summed E-state index contributed by atoms with van der Waals surface area (Å²) in [5, 5.41) is 1.88. The van der Waals surface area contributed by atoms with E-state index in [2.05, 4.69) is 4.74 Å². The van der Waals surface area contributed by atoms with Gasteiger partial charge >= 0.3 is 5.97 Å². The van der Waals surface area contributed by atoms with E-state index in [1.165, 1.54) is 18.4 Å². The minimum atomic E-state index is -0.431. The zero-order chi connectivity index (χ0) is 17.8. The minimum absolute atomic E-state index is 0.0181. The predicted octanol–water partition coefficient (Wildman–Crippen LogP) is 2.13. The Morgan fingerprint density at radius 1 is 0.880 bits per heavy atom. The van der Waals surface area contributed by atoms with Crippen LogP contribution < -0.4 is 0 Å². The highest BCUT2D eigenvalue weighted by atomic mass is 32.1. The number of rotatable bonds is 3. The number of hydrogen-bond donors (Lipinski definition) is 0. The highest BCUT2D eigenvalue weighted by Crippen LogP contribution is 2.15. The van der Waals surface area contributed by atoms with Crippen LogP contribution in [0, 0.1) is 0 Å². The van der Waals surface area contributed by atoms with E-state index in [4.69, 9.17) is 0 Å². The molecule has 0 bridgehead atoms. The molecule has 1 aromatic carbocycles. The average Bonchev–Trinajstić information content (AvgIpc) is 3.21. The number of amides is 2. The van der Waals surface area contributed by atoms with Crippen LogP contribution in [-0.2, 0) is 4.74 Å². The summed E-state index contributed by atoms with van der Waals surface area (Å²) in [6.07, 6.45) is 0. The number of hydrogen-bond acceptors (Lipinski definition) is 5. The van der Waals surface area contributed by atoms with Crippen molar-refractivity contribution in [3.63, 3.8) is 0 Å². The van der Waals surface area contributed by atoms with Gasteiger partial charge in [0.05, 0.1) is 17.6 Å². The van der Waals surface area contributed by atoms with Crippen LogP contribution in [0.2, 0.25) is 0 Å². The highest BCUT2D eigenvalue weighted by Gasteiger charge is 2.26. The lowest BCUT2D eigenvalue weighted by Crippen LogP contribution is -2.50. The number of ether oxygens (including phenoxy) is 1. The third-order valence-electron chi connectivity index (χ3n) is 4.14. The van der Waals surface area contributed by atoms with Crippen LogP contribution >= 0.6 is 11.3 Å². The maximum atomic E-state index is 12.6. The molecular formula is C18H18N2O4S. The topological polar surface area (TPSA) is 66.9 Å². The van der Waals surface area contributed by atoms with Gasteiger partial charge in [-0.2, -0.15) is 0 Å². The first kappa shape index (κ1) is 17.2. The van der Waals surface area contributed by atoms with Crippen LogP contribution in [0.4, 0.5) is 0 Å². The molecule has 0 aliphatic carbocycles. The van der Waals surface area contributed by atoms with Crippen molar-refractivity contribution in [3.8, 4) is 0 Å². The van der Waals surface area contributed by atoms with Gasteiger partial charge in [0.15, 0.2) is 0 Å². The van der Waals surface area contributed by atoms with Crippen molar-refractivity contribution in [1.29, 1.82) is 0 Å². The van der Waals surface area contributed by atoms with Crippen LogP contribution in [0.15, 0.2) is 41.8 Å². The number of carbonyl (C=O) groups is 3. The van der Waals surface area contributed by atoms with Gasteiger partial charge in [0, 0.05) is 31.7 Å². The fourth-order valence-corrected chi connectivity index (χ4v) is 3.41. The first-order valence-electron chi connectivity index (χ1n) is 7.90. The smallest absolute Gasteiger partial charge is 0.337 e. The van der Waals surface area contributed by atoms with Crippen molar-refractivity contribution < 1.29 is 19.1 Å². The van der Waals surface area contributed by atoms with Crippen molar-refractivity contribution in [2.24, 2.45) is 0 Å². The lowest BCUT2D eigenvalue weighted by Gasteiger charge is -2.34. The number of benzene rings is 1. The molecule has 0 radical (unpaired) electrons. The summed E-state index contributed by atoms with van der Waals surface area (Å²) in [4.78, 5) is 40.6. The second-order valence-corrected chi connectivity index (χ2v) is 6.58. The molecule has 1 aromatic heterocycles. The molecule has 25 heavy (non-hydrogen) atoms. The van der Waals surface area contributed by atoms with E-state index >= 15 is 0 Å². The van der Waals surface area contributed by atoms with Gasteiger partial charge in [-0.3, -0.25) is 9.59 Å². The third kappa shape index (κ3) is 3.71. The Labute approximate surface area is 149 Å². The standard InChI is InChI=1S/C18H18N2O4S/c1-24-18(23)14-6-4-13(5-7-14)16(21)19-8-10-20(11-9-19)17(22)15-3-2-12-25-15/h2-7,12H,8-11H2,1H3. The molecule has 0 atom stereocenters. The lowest BCUT2D eigenvalue weighted by atomic mass is 10.1. The van der Waals surface area contributed by atoms with Crippen LogP contribution in [0.1, 0.15) is 30.4 Å². The largest absolute Gasteiger partial charge is 0.465 e. The normalized spacial score (nSPS) is 14.3. The monoisotopic (exact) mass is 358 g/mol. The highest BCUT2D eigenvalue weighted by molar-refractivity contribution is 7.12. The molecular weight excluding hydrogens is 340 g/mol. The number of nitrogens with zero attached hydrogens (tertiary/aromatic N) is 2. The molecule has 6 nitrogen and oxygen atoms in total. The second kappa shape index (κ2) is 7.48. The van der Waals surface area contributed by atoms with Gasteiger partial charge in [-0.05, 0) is 35.7 Å². The molecule has 0 unspecified atom stereocenters. The van der Waals surface area contributed by atoms with Crippen LogP contribution in [0.5, 0.6) is 0 Å². The molecule has 2 heterocycles. The number of piperazine rings is 1. The van der Waals surface area contributed by atoms with E-state index in [9.17, 15) is 14.4 Å². The van der Waals surface area contributed by atoms with Gasteiger partial charge in [0.2, 0.25) is 0 Å². The Balaban J connectivity index is 1.60. The van der Waals surface area contributed by atoms with Crippen molar-refractivity contribution in [3.05, 3.63) is 57.8 Å². The van der Waals surface area contributed by atoms with Crippen molar-refractivity contribution in [2.45, 2.75) is 0 Å². The maximum Gasteiger partial charge on any atom is 0.337 e. The summed E-state index contributed by atoms with van der Waals surface area (Å²) in [6, 6.07) is 10.1. The van der Waals surface area contributed by atoms with E-state index in [1.54, 1.807) is 34.1 Å². The fraction of sp³-hybridized carbons (Fsp3) is 0.278. The first-order chi connectivity index (χ1) is 12.1. The van der Waals surface area contributed by atoms with Crippen molar-refractivity contribution >= 4 is 29.1 Å². The molecule has 1 aliphatic heterocycles. The molecule has 0 saturated carbocycles. The summed E-state index contributed by atoms with van der Waals surface area (Å²) in [7, 11) is 1.32. The summed E-state index contributed by atoms with van der Waals surface area (Å²) < 4.78 is 4.65. The SMILES string of the molecule is COC(=O)c1ccc(C(=O)N2CCN(C(=O)c3cccs3)CC2)cc1. The molecule has 0 spiro atoms. The van der Waals surface area contributed by atoms with E-state index in [1.807, 2.05) is 17.5 Å². The van der Waals surface area contributed by atoms with E-state index in [0.717, 1.165) is 4.88 Å². The number of thiophene rings is 1. The molecule has 1 fully saturated rings. The minimum Gasteiger partial charge on any atom is -0.465 e. The molecule has 3 rings (SSSR count). The van der Waals surface area contributed by atoms with Gasteiger partial charge in [0.25, 0.3) is 11.8 Å².